The molecule has 0 aromatic heterocycles. The third-order valence-corrected chi connectivity index (χ3v) is 0.730. The van der Waals surface area contributed by atoms with Crippen molar-refractivity contribution >= 4 is 11.9 Å². The first-order valence-corrected chi connectivity index (χ1v) is 3.13. The highest BCUT2D eigenvalue weighted by molar-refractivity contribution is 6.27. The Morgan fingerprint density at radius 1 is 1.17 bits per heavy atom. The largest absolute Gasteiger partial charge is 0.473 e. The second kappa shape index (κ2) is 7.96. The van der Waals surface area contributed by atoms with E-state index < -0.39 is 11.9 Å². The van der Waals surface area contributed by atoms with Crippen LogP contribution in [0.5, 0.6) is 0 Å². The highest BCUT2D eigenvalue weighted by atomic mass is 16.4. The fourth-order valence-electron chi connectivity index (χ4n) is 0.200. The first-order valence-electron chi connectivity index (χ1n) is 3.13. The molecule has 0 amide bonds. The fourth-order valence-corrected chi connectivity index (χ4v) is 0.200. The molecule has 0 aromatic rings. The minimum atomic E-state index is -1.82. The third-order valence-electron chi connectivity index (χ3n) is 0.730. The summed E-state index contributed by atoms with van der Waals surface area (Å²) in [7, 11) is 3.85. The van der Waals surface area contributed by atoms with Gasteiger partial charge in [0.25, 0.3) is 0 Å². The lowest BCUT2D eigenvalue weighted by molar-refractivity contribution is -0.159. The number of aliphatic hydroxyl groups is 1. The molecule has 72 valence electrons. The number of carboxylic acids is 2. The maximum Gasteiger partial charge on any atom is 0.414 e. The van der Waals surface area contributed by atoms with Gasteiger partial charge in [0.2, 0.25) is 0 Å². The summed E-state index contributed by atoms with van der Waals surface area (Å²) in [4.78, 5) is 20.1. The maximum absolute atomic E-state index is 9.10. The molecule has 3 N–H and O–H groups in total. The molecule has 0 saturated carbocycles. The molecule has 0 aliphatic rings. The molecule has 0 bridgehead atoms. The van der Waals surface area contributed by atoms with Crippen LogP contribution in [-0.4, -0.2) is 59.4 Å². The van der Waals surface area contributed by atoms with Gasteiger partial charge in [0.15, 0.2) is 0 Å². The number of nitrogens with zero attached hydrogens (tertiary/aromatic N) is 1. The standard InChI is InChI=1S/C4H11NO.C2H2O4/c1-5(2)3-4-6;3-1(4)2(5)6/h6H,3-4H2,1-2H3;(H,3,4)(H,5,6). The average molecular weight is 179 g/mol. The average Bonchev–Trinajstić information content (AvgIpc) is 1.87. The first kappa shape index (κ1) is 13.4. The highest BCUT2D eigenvalue weighted by Crippen LogP contribution is 1.66. The van der Waals surface area contributed by atoms with E-state index in [1.807, 2.05) is 19.0 Å². The van der Waals surface area contributed by atoms with Crippen LogP contribution in [0.1, 0.15) is 0 Å². The second-order valence-corrected chi connectivity index (χ2v) is 2.14. The molecule has 0 rings (SSSR count). The van der Waals surface area contributed by atoms with E-state index in [2.05, 4.69) is 0 Å². The number of rotatable bonds is 2. The van der Waals surface area contributed by atoms with Crippen LogP contribution in [0.4, 0.5) is 0 Å². The van der Waals surface area contributed by atoms with Gasteiger partial charge in [-0.1, -0.05) is 0 Å². The molecule has 0 aliphatic carbocycles. The Balaban J connectivity index is 0. The quantitative estimate of drug-likeness (QED) is 0.455. The third kappa shape index (κ3) is 15.9. The minimum absolute atomic E-state index is 0.257. The van der Waals surface area contributed by atoms with E-state index in [4.69, 9.17) is 24.9 Å². The zero-order valence-corrected chi connectivity index (χ0v) is 7.02. The van der Waals surface area contributed by atoms with E-state index >= 15 is 0 Å². The van der Waals surface area contributed by atoms with Crippen molar-refractivity contribution in [3.8, 4) is 0 Å². The van der Waals surface area contributed by atoms with Crippen molar-refractivity contribution in [3.05, 3.63) is 0 Å². The molecule has 0 saturated heterocycles. The van der Waals surface area contributed by atoms with Crippen LogP contribution in [0.2, 0.25) is 0 Å². The van der Waals surface area contributed by atoms with E-state index in [0.29, 0.717) is 0 Å². The zero-order valence-electron chi connectivity index (χ0n) is 7.02. The van der Waals surface area contributed by atoms with Crippen molar-refractivity contribution in [1.29, 1.82) is 0 Å². The second-order valence-electron chi connectivity index (χ2n) is 2.14. The van der Waals surface area contributed by atoms with Crippen LogP contribution in [0.25, 0.3) is 0 Å². The van der Waals surface area contributed by atoms with Gasteiger partial charge in [-0.25, -0.2) is 9.59 Å². The van der Waals surface area contributed by atoms with Crippen molar-refractivity contribution in [2.45, 2.75) is 0 Å². The lowest BCUT2D eigenvalue weighted by Crippen LogP contribution is -2.15. The lowest BCUT2D eigenvalue weighted by atomic mass is 10.6. The van der Waals surface area contributed by atoms with E-state index in [1.165, 1.54) is 0 Å². The van der Waals surface area contributed by atoms with Crippen LogP contribution >= 0.6 is 0 Å². The molecular formula is C6H13NO5. The van der Waals surface area contributed by atoms with E-state index in [9.17, 15) is 0 Å². The summed E-state index contributed by atoms with van der Waals surface area (Å²) in [6, 6.07) is 0. The van der Waals surface area contributed by atoms with Crippen LogP contribution < -0.4 is 0 Å². The Morgan fingerprint density at radius 3 is 1.50 bits per heavy atom. The Bertz CT molecular complexity index is 133. The van der Waals surface area contributed by atoms with Gasteiger partial charge in [0.1, 0.15) is 0 Å². The van der Waals surface area contributed by atoms with Gasteiger partial charge in [-0.2, -0.15) is 0 Å². The molecule has 12 heavy (non-hydrogen) atoms. The van der Waals surface area contributed by atoms with Crippen molar-refractivity contribution < 1.29 is 24.9 Å². The Hall–Kier alpha value is -1.14. The number of aliphatic hydroxyl groups excluding tert-OH is 1. The predicted octanol–water partition coefficient (Wildman–Crippen LogP) is -1.30. The molecule has 0 aromatic carbocycles. The number of hydrogen-bond acceptors (Lipinski definition) is 4. The minimum Gasteiger partial charge on any atom is -0.473 e. The van der Waals surface area contributed by atoms with Gasteiger partial charge in [0, 0.05) is 6.54 Å². The summed E-state index contributed by atoms with van der Waals surface area (Å²) in [6.45, 7) is 1.02. The van der Waals surface area contributed by atoms with Gasteiger partial charge in [-0.15, -0.1) is 0 Å². The normalized spacial score (nSPS) is 8.67. The Labute approximate surface area is 70.0 Å². The highest BCUT2D eigenvalue weighted by Gasteiger charge is 2.04. The van der Waals surface area contributed by atoms with Gasteiger partial charge in [0.05, 0.1) is 6.61 Å². The van der Waals surface area contributed by atoms with Crippen LogP contribution in [-0.2, 0) is 9.59 Å². The van der Waals surface area contributed by atoms with E-state index in [-0.39, 0.29) is 6.61 Å². The van der Waals surface area contributed by atoms with Crippen LogP contribution in [0.3, 0.4) is 0 Å². The van der Waals surface area contributed by atoms with Gasteiger partial charge >= 0.3 is 11.9 Å². The Morgan fingerprint density at radius 2 is 1.50 bits per heavy atom. The summed E-state index contributed by atoms with van der Waals surface area (Å²) in [5.41, 5.74) is 0. The first-order chi connectivity index (χ1) is 5.41. The Kier molecular flexibility index (Phi) is 8.92. The topological polar surface area (TPSA) is 98.1 Å². The molecule has 0 unspecified atom stereocenters. The number of aliphatic carboxylic acids is 2. The van der Waals surface area contributed by atoms with Gasteiger partial charge < -0.3 is 20.2 Å². The smallest absolute Gasteiger partial charge is 0.414 e. The van der Waals surface area contributed by atoms with Crippen molar-refractivity contribution in [3.63, 3.8) is 0 Å². The van der Waals surface area contributed by atoms with Crippen LogP contribution in [0, 0.1) is 0 Å². The SMILES string of the molecule is CN(C)CCO.O=C(O)C(=O)O. The number of carbonyl (C=O) groups is 2. The molecule has 0 radical (unpaired) electrons. The molecule has 0 fully saturated rings. The maximum atomic E-state index is 9.10. The van der Waals surface area contributed by atoms with E-state index in [0.717, 1.165) is 6.54 Å². The monoisotopic (exact) mass is 179 g/mol. The fraction of sp³-hybridized carbons (Fsp3) is 0.667. The summed E-state index contributed by atoms with van der Waals surface area (Å²) in [5.74, 6) is -3.65. The summed E-state index contributed by atoms with van der Waals surface area (Å²) in [6.07, 6.45) is 0. The predicted molar refractivity (Wildman–Crippen MR) is 40.9 cm³/mol. The number of likely N-dealkylation sites (N-methyl/N-ethyl adjacent to an activating group) is 1. The summed E-state index contributed by atoms with van der Waals surface area (Å²) in [5, 5.41) is 23.0. The van der Waals surface area contributed by atoms with Crippen molar-refractivity contribution in [1.82, 2.24) is 4.90 Å². The number of hydrogen-bond donors (Lipinski definition) is 3. The van der Waals surface area contributed by atoms with Crippen LogP contribution in [0.15, 0.2) is 0 Å². The zero-order chi connectivity index (χ0) is 10.1. The molecule has 0 atom stereocenters. The molecule has 6 nitrogen and oxygen atoms in total. The number of carboxylic acid groups (broad SMARTS) is 2. The summed E-state index contributed by atoms with van der Waals surface area (Å²) >= 11 is 0. The van der Waals surface area contributed by atoms with Gasteiger partial charge in [-0.05, 0) is 14.1 Å². The lowest BCUT2D eigenvalue weighted by Gasteiger charge is -2.03. The van der Waals surface area contributed by atoms with Crippen molar-refractivity contribution in [2.24, 2.45) is 0 Å². The molecule has 0 spiro atoms. The molecular weight excluding hydrogens is 166 g/mol. The van der Waals surface area contributed by atoms with Gasteiger partial charge in [-0.3, -0.25) is 0 Å². The van der Waals surface area contributed by atoms with Crippen molar-refractivity contribution in [2.75, 3.05) is 27.2 Å². The molecule has 6 heteroatoms. The molecule has 0 aliphatic heterocycles. The molecule has 0 heterocycles. The summed E-state index contributed by atoms with van der Waals surface area (Å²) < 4.78 is 0. The van der Waals surface area contributed by atoms with E-state index in [1.54, 1.807) is 0 Å².